The molecule has 2 N–H and O–H groups in total. The molecule has 2 aromatic carbocycles. The number of amides is 2. The van der Waals surface area contributed by atoms with Gasteiger partial charge < -0.3 is 15.4 Å². The second kappa shape index (κ2) is 10.9. The lowest BCUT2D eigenvalue weighted by atomic mass is 10.2. The largest absolute Gasteiger partial charge is 0.497 e. The summed E-state index contributed by atoms with van der Waals surface area (Å²) in [5, 5.41) is 17.1. The molecule has 9 nitrogen and oxygen atoms in total. The van der Waals surface area contributed by atoms with Crippen LogP contribution in [0.1, 0.15) is 11.5 Å². The van der Waals surface area contributed by atoms with E-state index in [0.717, 1.165) is 11.4 Å². The first-order chi connectivity index (χ1) is 16.5. The number of nitrogens with one attached hydrogen (secondary N) is 2. The van der Waals surface area contributed by atoms with E-state index in [0.29, 0.717) is 27.5 Å². The normalized spacial score (nSPS) is 10.6. The minimum atomic E-state index is -0.244. The summed E-state index contributed by atoms with van der Waals surface area (Å²) >= 11 is 2.61. The van der Waals surface area contributed by atoms with Crippen molar-refractivity contribution in [2.24, 2.45) is 0 Å². The summed E-state index contributed by atoms with van der Waals surface area (Å²) < 4.78 is 6.99. The molecule has 0 fully saturated rings. The van der Waals surface area contributed by atoms with Crippen LogP contribution in [0.3, 0.4) is 0 Å². The van der Waals surface area contributed by atoms with Crippen molar-refractivity contribution in [3.63, 3.8) is 0 Å². The SMILES string of the molecule is COc1cccc(NC(=O)Cc2nnc(SCC(=O)Nc3nc(C)cs3)n2-c2ccccc2)c1. The summed E-state index contributed by atoms with van der Waals surface area (Å²) in [6.45, 7) is 1.87. The molecule has 2 aromatic heterocycles. The number of nitrogens with zero attached hydrogens (tertiary/aromatic N) is 4. The summed E-state index contributed by atoms with van der Waals surface area (Å²) in [7, 11) is 1.57. The number of aromatic nitrogens is 4. The average molecular weight is 495 g/mol. The minimum absolute atomic E-state index is 0.00422. The molecule has 0 aliphatic rings. The van der Waals surface area contributed by atoms with E-state index >= 15 is 0 Å². The molecular weight excluding hydrogens is 472 g/mol. The predicted octanol–water partition coefficient (Wildman–Crippen LogP) is 3.95. The lowest BCUT2D eigenvalue weighted by Crippen LogP contribution is -2.18. The number of benzene rings is 2. The fourth-order valence-electron chi connectivity index (χ4n) is 3.09. The van der Waals surface area contributed by atoms with Crippen LogP contribution < -0.4 is 15.4 Å². The number of thiazole rings is 1. The number of hydrogen-bond acceptors (Lipinski definition) is 8. The Hall–Kier alpha value is -3.70. The Bertz CT molecular complexity index is 1290. The van der Waals surface area contributed by atoms with E-state index < -0.39 is 0 Å². The van der Waals surface area contributed by atoms with Gasteiger partial charge in [0.2, 0.25) is 11.8 Å². The Labute approximate surface area is 204 Å². The van der Waals surface area contributed by atoms with Gasteiger partial charge in [-0.15, -0.1) is 21.5 Å². The topological polar surface area (TPSA) is 111 Å². The lowest BCUT2D eigenvalue weighted by molar-refractivity contribution is -0.116. The molecule has 174 valence electrons. The van der Waals surface area contributed by atoms with Crippen LogP contribution in [0, 0.1) is 6.92 Å². The third-order valence-corrected chi connectivity index (χ3v) is 6.39. The predicted molar refractivity (Wildman–Crippen MR) is 133 cm³/mol. The maximum Gasteiger partial charge on any atom is 0.236 e. The van der Waals surface area contributed by atoms with Crippen LogP contribution in [-0.4, -0.2) is 44.4 Å². The van der Waals surface area contributed by atoms with Gasteiger partial charge in [0.1, 0.15) is 11.6 Å². The maximum absolute atomic E-state index is 12.7. The molecule has 0 radical (unpaired) electrons. The van der Waals surface area contributed by atoms with E-state index in [1.54, 1.807) is 35.9 Å². The zero-order chi connectivity index (χ0) is 23.9. The van der Waals surface area contributed by atoms with E-state index in [4.69, 9.17) is 4.74 Å². The number of methoxy groups -OCH3 is 1. The monoisotopic (exact) mass is 494 g/mol. The van der Waals surface area contributed by atoms with Gasteiger partial charge in [-0.3, -0.25) is 14.2 Å². The molecule has 4 rings (SSSR count). The van der Waals surface area contributed by atoms with Crippen molar-refractivity contribution in [1.82, 2.24) is 19.7 Å². The molecule has 11 heteroatoms. The fraction of sp³-hybridized carbons (Fsp3) is 0.174. The summed E-state index contributed by atoms with van der Waals surface area (Å²) in [6.07, 6.45) is 0.00422. The highest BCUT2D eigenvalue weighted by molar-refractivity contribution is 7.99. The Morgan fingerprint density at radius 3 is 2.62 bits per heavy atom. The number of rotatable bonds is 9. The van der Waals surface area contributed by atoms with Crippen LogP contribution in [0.5, 0.6) is 5.75 Å². The number of anilines is 2. The van der Waals surface area contributed by atoms with Gasteiger partial charge in [0.15, 0.2) is 10.3 Å². The van der Waals surface area contributed by atoms with Crippen molar-refractivity contribution in [2.75, 3.05) is 23.5 Å². The van der Waals surface area contributed by atoms with Gasteiger partial charge in [0.05, 0.1) is 25.0 Å². The van der Waals surface area contributed by atoms with Crippen LogP contribution >= 0.6 is 23.1 Å². The van der Waals surface area contributed by atoms with Gasteiger partial charge in [-0.25, -0.2) is 4.98 Å². The summed E-state index contributed by atoms with van der Waals surface area (Å²) in [6, 6.07) is 16.6. The van der Waals surface area contributed by atoms with Crippen molar-refractivity contribution in [1.29, 1.82) is 0 Å². The summed E-state index contributed by atoms with van der Waals surface area (Å²) in [5.41, 5.74) is 2.28. The molecule has 4 aromatic rings. The first-order valence-electron chi connectivity index (χ1n) is 10.3. The van der Waals surface area contributed by atoms with Gasteiger partial charge in [0, 0.05) is 22.8 Å². The number of carbonyl (C=O) groups excluding carboxylic acids is 2. The first-order valence-corrected chi connectivity index (χ1v) is 12.2. The number of carbonyl (C=O) groups is 2. The molecule has 2 heterocycles. The van der Waals surface area contributed by atoms with Crippen LogP contribution in [0.4, 0.5) is 10.8 Å². The lowest BCUT2D eigenvalue weighted by Gasteiger charge is -2.11. The second-order valence-electron chi connectivity index (χ2n) is 7.16. The quantitative estimate of drug-likeness (QED) is 0.339. The molecule has 0 bridgehead atoms. The Kier molecular flexibility index (Phi) is 7.55. The van der Waals surface area contributed by atoms with Gasteiger partial charge in [-0.05, 0) is 31.2 Å². The van der Waals surface area contributed by atoms with E-state index in [9.17, 15) is 9.59 Å². The number of para-hydroxylation sites is 1. The van der Waals surface area contributed by atoms with Crippen LogP contribution in [0.25, 0.3) is 5.69 Å². The molecule has 0 aliphatic heterocycles. The number of thioether (sulfide) groups is 1. The van der Waals surface area contributed by atoms with Crippen molar-refractivity contribution in [3.05, 3.63) is 71.5 Å². The first kappa shape index (κ1) is 23.5. The highest BCUT2D eigenvalue weighted by atomic mass is 32.2. The van der Waals surface area contributed by atoms with Gasteiger partial charge in [-0.2, -0.15) is 0 Å². The summed E-state index contributed by atoms with van der Waals surface area (Å²) in [5.74, 6) is 0.797. The average Bonchev–Trinajstić information content (AvgIpc) is 3.43. The molecule has 0 aliphatic carbocycles. The summed E-state index contributed by atoms with van der Waals surface area (Å²) in [4.78, 5) is 29.4. The van der Waals surface area contributed by atoms with Crippen LogP contribution in [0.2, 0.25) is 0 Å². The van der Waals surface area contributed by atoms with Crippen molar-refractivity contribution >= 4 is 45.7 Å². The zero-order valence-corrected chi connectivity index (χ0v) is 20.2. The molecule has 2 amide bonds. The molecule has 0 unspecified atom stereocenters. The number of ether oxygens (including phenoxy) is 1. The fourth-order valence-corrected chi connectivity index (χ4v) is 4.57. The van der Waals surface area contributed by atoms with E-state index in [1.165, 1.54) is 23.1 Å². The van der Waals surface area contributed by atoms with Crippen molar-refractivity contribution in [3.8, 4) is 11.4 Å². The molecule has 0 spiro atoms. The van der Waals surface area contributed by atoms with Gasteiger partial charge >= 0.3 is 0 Å². The molecule has 0 atom stereocenters. The van der Waals surface area contributed by atoms with Gasteiger partial charge in [-0.1, -0.05) is 36.0 Å². The highest BCUT2D eigenvalue weighted by Crippen LogP contribution is 2.24. The van der Waals surface area contributed by atoms with Crippen LogP contribution in [0.15, 0.2) is 65.1 Å². The Morgan fingerprint density at radius 2 is 1.88 bits per heavy atom. The second-order valence-corrected chi connectivity index (χ2v) is 8.96. The van der Waals surface area contributed by atoms with E-state index in [2.05, 4.69) is 25.8 Å². The van der Waals surface area contributed by atoms with E-state index in [1.807, 2.05) is 42.6 Å². The van der Waals surface area contributed by atoms with Crippen molar-refractivity contribution < 1.29 is 14.3 Å². The van der Waals surface area contributed by atoms with Crippen LogP contribution in [-0.2, 0) is 16.0 Å². The maximum atomic E-state index is 12.7. The highest BCUT2D eigenvalue weighted by Gasteiger charge is 2.19. The third kappa shape index (κ3) is 6.00. The minimum Gasteiger partial charge on any atom is -0.497 e. The standard InChI is InChI=1S/C23H22N6O3S2/c1-15-13-33-22(24-15)26-21(31)14-34-23-28-27-19(29(23)17-8-4-3-5-9-17)12-20(30)25-16-7-6-10-18(11-16)32-2/h3-11,13H,12,14H2,1-2H3,(H,25,30)(H,24,26,31). The van der Waals surface area contributed by atoms with E-state index in [-0.39, 0.29) is 24.0 Å². The van der Waals surface area contributed by atoms with Crippen molar-refractivity contribution in [2.45, 2.75) is 18.5 Å². The zero-order valence-electron chi connectivity index (χ0n) is 18.5. The third-order valence-electron chi connectivity index (χ3n) is 4.58. The molecule has 34 heavy (non-hydrogen) atoms. The van der Waals surface area contributed by atoms with Gasteiger partial charge in [0.25, 0.3) is 0 Å². The smallest absolute Gasteiger partial charge is 0.236 e. The molecule has 0 saturated heterocycles. The molecular formula is C23H22N6O3S2. The number of hydrogen-bond donors (Lipinski definition) is 2. The Balaban J connectivity index is 1.49. The Morgan fingerprint density at radius 1 is 1.06 bits per heavy atom. The number of aryl methyl sites for hydroxylation is 1. The molecule has 0 saturated carbocycles.